The lowest BCUT2D eigenvalue weighted by atomic mass is 10.2. The Kier molecular flexibility index (Phi) is 3.73. The van der Waals surface area contributed by atoms with Crippen molar-refractivity contribution < 1.29 is 9.53 Å². The highest BCUT2D eigenvalue weighted by molar-refractivity contribution is 5.86. The van der Waals surface area contributed by atoms with Crippen molar-refractivity contribution in [3.63, 3.8) is 0 Å². The van der Waals surface area contributed by atoms with Crippen LogP contribution in [0.3, 0.4) is 0 Å². The predicted octanol–water partition coefficient (Wildman–Crippen LogP) is 0.768. The van der Waals surface area contributed by atoms with Gasteiger partial charge >= 0.3 is 5.97 Å². The molecule has 1 unspecified atom stereocenters. The maximum Gasteiger partial charge on any atom is 0.360 e. The van der Waals surface area contributed by atoms with E-state index in [1.807, 2.05) is 6.92 Å². The first-order chi connectivity index (χ1) is 8.20. The van der Waals surface area contributed by atoms with Crippen molar-refractivity contribution in [3.8, 4) is 0 Å². The molecule has 0 radical (unpaired) electrons. The summed E-state index contributed by atoms with van der Waals surface area (Å²) >= 11 is 0. The molecule has 0 spiro atoms. The van der Waals surface area contributed by atoms with E-state index in [-0.39, 0.29) is 12.1 Å². The van der Waals surface area contributed by atoms with Gasteiger partial charge in [-0.2, -0.15) is 0 Å². The van der Waals surface area contributed by atoms with Gasteiger partial charge in [-0.3, -0.25) is 0 Å². The lowest BCUT2D eigenvalue weighted by Crippen LogP contribution is -2.43. The van der Waals surface area contributed by atoms with Gasteiger partial charge < -0.3 is 10.1 Å². The fourth-order valence-electron chi connectivity index (χ4n) is 1.72. The molecule has 2 heterocycles. The number of aromatic nitrogens is 3. The number of nitrogens with zero attached hydrogens (tertiary/aromatic N) is 3. The Hall–Kier alpha value is -1.43. The first kappa shape index (κ1) is 12.0. The Balaban J connectivity index is 1.92. The molecule has 6 nitrogen and oxygen atoms in total. The van der Waals surface area contributed by atoms with Gasteiger partial charge in [0.05, 0.1) is 18.3 Å². The van der Waals surface area contributed by atoms with Gasteiger partial charge in [-0.1, -0.05) is 18.6 Å². The van der Waals surface area contributed by atoms with E-state index in [4.69, 9.17) is 4.74 Å². The van der Waals surface area contributed by atoms with Crippen LogP contribution in [-0.2, 0) is 4.74 Å². The van der Waals surface area contributed by atoms with Crippen molar-refractivity contribution in [3.05, 3.63) is 11.9 Å². The number of hydrogen-bond acceptors (Lipinski definition) is 5. The molecule has 0 amide bonds. The smallest absolute Gasteiger partial charge is 0.360 e. The van der Waals surface area contributed by atoms with E-state index in [1.165, 1.54) is 0 Å². The fourth-order valence-corrected chi connectivity index (χ4v) is 1.72. The second-order valence-electron chi connectivity index (χ2n) is 4.40. The normalized spacial score (nSPS) is 17.5. The van der Waals surface area contributed by atoms with Gasteiger partial charge in [0, 0.05) is 13.1 Å². The van der Waals surface area contributed by atoms with Crippen LogP contribution in [0.2, 0.25) is 0 Å². The minimum atomic E-state index is -0.385. The van der Waals surface area contributed by atoms with Gasteiger partial charge in [0.2, 0.25) is 0 Å². The molecule has 0 bridgehead atoms. The maximum atomic E-state index is 11.7. The highest BCUT2D eigenvalue weighted by atomic mass is 16.5. The number of esters is 1. The monoisotopic (exact) mass is 238 g/mol. The zero-order valence-corrected chi connectivity index (χ0v) is 10.2. The summed E-state index contributed by atoms with van der Waals surface area (Å²) in [6.45, 7) is 5.71. The number of carbonyl (C=O) groups excluding carboxylic acids is 1. The first-order valence-corrected chi connectivity index (χ1v) is 6.04. The van der Waals surface area contributed by atoms with E-state index >= 15 is 0 Å². The standard InChI is InChI=1S/C11H18N4O2/c1-3-4-8(2)17-11(16)10-7-15(14-13-10)9-5-12-6-9/h7-9,12H,3-6H2,1-2H3. The Morgan fingerprint density at radius 1 is 1.71 bits per heavy atom. The molecule has 1 atom stereocenters. The average Bonchev–Trinajstić information content (AvgIpc) is 2.64. The highest BCUT2D eigenvalue weighted by Gasteiger charge is 2.22. The Morgan fingerprint density at radius 3 is 3.06 bits per heavy atom. The average molecular weight is 238 g/mol. The number of nitrogens with one attached hydrogen (secondary N) is 1. The second kappa shape index (κ2) is 5.27. The van der Waals surface area contributed by atoms with Crippen molar-refractivity contribution in [2.45, 2.75) is 38.8 Å². The summed E-state index contributed by atoms with van der Waals surface area (Å²) in [6, 6.07) is 0.317. The van der Waals surface area contributed by atoms with Crippen molar-refractivity contribution in [2.24, 2.45) is 0 Å². The van der Waals surface area contributed by atoms with E-state index in [9.17, 15) is 4.79 Å². The lowest BCUT2D eigenvalue weighted by Gasteiger charge is -2.26. The van der Waals surface area contributed by atoms with E-state index in [1.54, 1.807) is 10.9 Å². The van der Waals surface area contributed by atoms with Crippen LogP contribution in [0.1, 0.15) is 43.2 Å². The van der Waals surface area contributed by atoms with Gasteiger partial charge in [0.15, 0.2) is 5.69 Å². The number of ether oxygens (including phenoxy) is 1. The molecule has 2 rings (SSSR count). The summed E-state index contributed by atoms with van der Waals surface area (Å²) in [5.74, 6) is -0.385. The van der Waals surface area contributed by atoms with Gasteiger partial charge in [-0.15, -0.1) is 5.10 Å². The van der Waals surface area contributed by atoms with Crippen molar-refractivity contribution in [1.29, 1.82) is 0 Å². The Labute approximate surface area is 100 Å². The Morgan fingerprint density at radius 2 is 2.47 bits per heavy atom. The quantitative estimate of drug-likeness (QED) is 0.767. The molecule has 6 heteroatoms. The van der Waals surface area contributed by atoms with Crippen LogP contribution in [0, 0.1) is 0 Å². The molecule has 1 aromatic rings. The summed E-state index contributed by atoms with van der Waals surface area (Å²) in [4.78, 5) is 11.7. The molecule has 94 valence electrons. The zero-order chi connectivity index (χ0) is 12.3. The summed E-state index contributed by atoms with van der Waals surface area (Å²) in [7, 11) is 0. The zero-order valence-electron chi connectivity index (χ0n) is 10.2. The molecule has 1 fully saturated rings. The molecule has 0 saturated carbocycles. The van der Waals surface area contributed by atoms with Crippen molar-refractivity contribution in [2.75, 3.05) is 13.1 Å². The molecule has 17 heavy (non-hydrogen) atoms. The van der Waals surface area contributed by atoms with Crippen LogP contribution in [0.25, 0.3) is 0 Å². The lowest BCUT2D eigenvalue weighted by molar-refractivity contribution is 0.0316. The van der Waals surface area contributed by atoms with E-state index < -0.39 is 0 Å². The predicted molar refractivity (Wildman–Crippen MR) is 61.7 cm³/mol. The van der Waals surface area contributed by atoms with Gasteiger partial charge in [0.25, 0.3) is 0 Å². The molecule has 1 aromatic heterocycles. The van der Waals surface area contributed by atoms with Crippen LogP contribution >= 0.6 is 0 Å². The third kappa shape index (κ3) is 2.82. The molecule has 0 aromatic carbocycles. The summed E-state index contributed by atoms with van der Waals surface area (Å²) in [5.41, 5.74) is 0.292. The van der Waals surface area contributed by atoms with Gasteiger partial charge in [-0.05, 0) is 13.3 Å². The molecule has 0 aliphatic carbocycles. The van der Waals surface area contributed by atoms with Crippen LogP contribution in [0.15, 0.2) is 6.20 Å². The van der Waals surface area contributed by atoms with Crippen LogP contribution < -0.4 is 5.32 Å². The molecular weight excluding hydrogens is 220 g/mol. The SMILES string of the molecule is CCCC(C)OC(=O)c1cn(C2CNC2)nn1. The molecule has 1 aliphatic heterocycles. The van der Waals surface area contributed by atoms with Crippen LogP contribution in [0.5, 0.6) is 0 Å². The van der Waals surface area contributed by atoms with Gasteiger partial charge in [-0.25, -0.2) is 9.48 Å². The molecule has 1 aliphatic rings. The number of rotatable bonds is 5. The van der Waals surface area contributed by atoms with Crippen LogP contribution in [0.4, 0.5) is 0 Å². The second-order valence-corrected chi connectivity index (χ2v) is 4.40. The molecule has 1 N–H and O–H groups in total. The third-order valence-corrected chi connectivity index (χ3v) is 2.86. The summed E-state index contributed by atoms with van der Waals surface area (Å²) < 4.78 is 6.97. The number of carbonyl (C=O) groups is 1. The maximum absolute atomic E-state index is 11.7. The number of hydrogen-bond donors (Lipinski definition) is 1. The minimum Gasteiger partial charge on any atom is -0.458 e. The fraction of sp³-hybridized carbons (Fsp3) is 0.727. The topological polar surface area (TPSA) is 69.0 Å². The highest BCUT2D eigenvalue weighted by Crippen LogP contribution is 2.11. The van der Waals surface area contributed by atoms with Crippen molar-refractivity contribution >= 4 is 5.97 Å². The van der Waals surface area contributed by atoms with Crippen LogP contribution in [-0.4, -0.2) is 40.2 Å². The van der Waals surface area contributed by atoms with Crippen molar-refractivity contribution in [1.82, 2.24) is 20.3 Å². The van der Waals surface area contributed by atoms with E-state index in [0.29, 0.717) is 11.7 Å². The largest absolute Gasteiger partial charge is 0.458 e. The third-order valence-electron chi connectivity index (χ3n) is 2.86. The van der Waals surface area contributed by atoms with E-state index in [2.05, 4.69) is 22.6 Å². The molecule has 1 saturated heterocycles. The Bertz CT molecular complexity index is 387. The minimum absolute atomic E-state index is 0.0666. The first-order valence-electron chi connectivity index (χ1n) is 6.04. The van der Waals surface area contributed by atoms with Gasteiger partial charge in [0.1, 0.15) is 0 Å². The summed E-state index contributed by atoms with van der Waals surface area (Å²) in [5, 5.41) is 10.9. The van der Waals surface area contributed by atoms with E-state index in [0.717, 1.165) is 25.9 Å². The summed E-state index contributed by atoms with van der Waals surface area (Å²) in [6.07, 6.45) is 3.45. The molecular formula is C11H18N4O2.